The molecule has 9 heteroatoms. The van der Waals surface area contributed by atoms with Gasteiger partial charge in [0.15, 0.2) is 23.0 Å². The molecule has 0 unspecified atom stereocenters. The maximum atomic E-state index is 5.79. The van der Waals surface area contributed by atoms with Crippen LogP contribution in [-0.4, -0.2) is 54.2 Å². The molecule has 0 amide bonds. The molecule has 0 aliphatic heterocycles. The van der Waals surface area contributed by atoms with E-state index in [1.807, 2.05) is 40.1 Å². The number of thiophene rings is 1. The van der Waals surface area contributed by atoms with E-state index in [0.29, 0.717) is 34.3 Å². The van der Waals surface area contributed by atoms with Crippen molar-refractivity contribution < 1.29 is 14.2 Å². The molecule has 0 radical (unpaired) electrons. The molecule has 0 saturated heterocycles. The zero-order valence-electron chi connectivity index (χ0n) is 30.0. The number of hydrogen-bond acceptors (Lipinski definition) is 8. The summed E-state index contributed by atoms with van der Waals surface area (Å²) in [5.74, 6) is 2.28. The minimum absolute atomic E-state index is 0.547. The van der Waals surface area contributed by atoms with Crippen LogP contribution >= 0.6 is 11.3 Å². The van der Waals surface area contributed by atoms with Gasteiger partial charge >= 0.3 is 0 Å². The Bertz CT molecular complexity index is 1770. The van der Waals surface area contributed by atoms with E-state index in [1.165, 1.54) is 86.9 Å². The Morgan fingerprint density at radius 1 is 0.735 bits per heavy atom. The smallest absolute Gasteiger partial charge is 0.189 e. The molecule has 0 N–H and O–H groups in total. The van der Waals surface area contributed by atoms with E-state index in [4.69, 9.17) is 19.3 Å². The highest BCUT2D eigenvalue weighted by molar-refractivity contribution is 7.16. The summed E-state index contributed by atoms with van der Waals surface area (Å²) in [5.41, 5.74) is 3.24. The fraction of sp³-hybridized carbons (Fsp3) is 0.475. The van der Waals surface area contributed by atoms with E-state index in [9.17, 15) is 0 Å². The van der Waals surface area contributed by atoms with Crippen molar-refractivity contribution in [3.63, 3.8) is 0 Å². The largest absolute Gasteiger partial charge is 0.497 e. The molecule has 0 aliphatic carbocycles. The number of anilines is 1. The highest BCUT2D eigenvalue weighted by Gasteiger charge is 2.23. The number of unbranched alkanes of at least 4 members (excludes halogenated alkanes) is 10. The average molecular weight is 684 g/mol. The van der Waals surface area contributed by atoms with Gasteiger partial charge in [0.2, 0.25) is 0 Å². The molecule has 0 fully saturated rings. The summed E-state index contributed by atoms with van der Waals surface area (Å²) in [6.07, 6.45) is 17.9. The topological polar surface area (TPSA) is 74.0 Å². The van der Waals surface area contributed by atoms with E-state index in [-0.39, 0.29) is 0 Å². The lowest BCUT2D eigenvalue weighted by Gasteiger charge is -2.23. The zero-order chi connectivity index (χ0) is 34.4. The quantitative estimate of drug-likeness (QED) is 0.0713. The van der Waals surface area contributed by atoms with Crippen LogP contribution in [0.3, 0.4) is 0 Å². The van der Waals surface area contributed by atoms with Crippen molar-refractivity contribution in [2.24, 2.45) is 0 Å². The lowest BCUT2D eigenvalue weighted by Crippen LogP contribution is -2.24. The van der Waals surface area contributed by atoms with Crippen LogP contribution in [0.25, 0.3) is 34.4 Å². The highest BCUT2D eigenvalue weighted by Crippen LogP contribution is 2.41. The number of fused-ring (bicyclic) bond motifs is 1. The molecule has 5 rings (SSSR count). The van der Waals surface area contributed by atoms with Gasteiger partial charge in [0.25, 0.3) is 0 Å². The van der Waals surface area contributed by atoms with Gasteiger partial charge in [-0.2, -0.15) is 9.61 Å². The normalized spacial score (nSPS) is 11.8. The summed E-state index contributed by atoms with van der Waals surface area (Å²) in [7, 11) is 4.86. The van der Waals surface area contributed by atoms with Crippen molar-refractivity contribution in [2.75, 3.05) is 39.3 Å². The SMILES string of the molecule is CCCCCCCCN(CCCCCCCC)c1ccc(/C=c2/c(-c3ccccc3)nn3c(-c4cc(OC)cc(OC)c4OC)nnc23)s1. The number of nitrogens with zero attached hydrogens (tertiary/aromatic N) is 5. The lowest BCUT2D eigenvalue weighted by atomic mass is 10.1. The van der Waals surface area contributed by atoms with Crippen LogP contribution in [0.4, 0.5) is 5.00 Å². The molecule has 3 heterocycles. The van der Waals surface area contributed by atoms with Crippen molar-refractivity contribution >= 4 is 28.1 Å². The molecule has 8 nitrogen and oxygen atoms in total. The minimum Gasteiger partial charge on any atom is -0.497 e. The van der Waals surface area contributed by atoms with Gasteiger partial charge in [-0.1, -0.05) is 108 Å². The fourth-order valence-electron chi connectivity index (χ4n) is 6.37. The van der Waals surface area contributed by atoms with Gasteiger partial charge in [-0.05, 0) is 37.1 Å². The molecule has 0 atom stereocenters. The van der Waals surface area contributed by atoms with Crippen LogP contribution in [0.1, 0.15) is 95.8 Å². The lowest BCUT2D eigenvalue weighted by molar-refractivity contribution is 0.350. The van der Waals surface area contributed by atoms with Crippen LogP contribution in [0.2, 0.25) is 0 Å². The van der Waals surface area contributed by atoms with Gasteiger partial charge < -0.3 is 19.1 Å². The van der Waals surface area contributed by atoms with E-state index in [0.717, 1.165) is 29.6 Å². The number of rotatable bonds is 21. The Morgan fingerprint density at radius 3 is 2.04 bits per heavy atom. The number of methoxy groups -OCH3 is 3. The molecule has 0 aliphatic rings. The average Bonchev–Trinajstić information content (AvgIpc) is 3.87. The second kappa shape index (κ2) is 18.6. The second-order valence-electron chi connectivity index (χ2n) is 12.6. The third-order valence-electron chi connectivity index (χ3n) is 9.09. The van der Waals surface area contributed by atoms with Crippen molar-refractivity contribution in [1.29, 1.82) is 0 Å². The Labute approximate surface area is 296 Å². The maximum absolute atomic E-state index is 5.79. The molecule has 3 aromatic heterocycles. The van der Waals surface area contributed by atoms with Gasteiger partial charge in [0.1, 0.15) is 11.4 Å². The highest BCUT2D eigenvalue weighted by atomic mass is 32.1. The second-order valence-corrected chi connectivity index (χ2v) is 13.7. The molecule has 0 spiro atoms. The van der Waals surface area contributed by atoms with E-state index in [2.05, 4.69) is 59.3 Å². The molecular formula is C40H53N5O3S. The van der Waals surface area contributed by atoms with Crippen LogP contribution in [-0.2, 0) is 0 Å². The summed E-state index contributed by atoms with van der Waals surface area (Å²) >= 11 is 1.85. The Morgan fingerprint density at radius 2 is 1.41 bits per heavy atom. The summed E-state index contributed by atoms with van der Waals surface area (Å²) in [4.78, 5) is 3.79. The molecule has 0 bridgehead atoms. The number of hydrogen-bond donors (Lipinski definition) is 0. The first-order chi connectivity index (χ1) is 24.1. The minimum atomic E-state index is 0.547. The molecule has 2 aromatic carbocycles. The summed E-state index contributed by atoms with van der Waals surface area (Å²) in [6.45, 7) is 6.78. The zero-order valence-corrected chi connectivity index (χ0v) is 30.9. The Hall–Kier alpha value is -4.11. The first-order valence-electron chi connectivity index (χ1n) is 18.1. The number of benzene rings is 2. The van der Waals surface area contributed by atoms with Gasteiger partial charge in [-0.3, -0.25) is 0 Å². The van der Waals surface area contributed by atoms with Crippen molar-refractivity contribution in [3.05, 3.63) is 64.7 Å². The number of ether oxygens (including phenoxy) is 3. The number of aromatic nitrogens is 4. The first kappa shape index (κ1) is 36.2. The van der Waals surface area contributed by atoms with Gasteiger partial charge in [0, 0.05) is 29.6 Å². The summed E-state index contributed by atoms with van der Waals surface area (Å²) < 4.78 is 18.8. The van der Waals surface area contributed by atoms with Gasteiger partial charge in [-0.25, -0.2) is 0 Å². The monoisotopic (exact) mass is 683 g/mol. The third kappa shape index (κ3) is 9.12. The van der Waals surface area contributed by atoms with Crippen LogP contribution < -0.4 is 24.3 Å². The fourth-order valence-corrected chi connectivity index (χ4v) is 7.37. The van der Waals surface area contributed by atoms with Crippen molar-refractivity contribution in [1.82, 2.24) is 19.8 Å². The summed E-state index contributed by atoms with van der Waals surface area (Å²) in [5, 5.41) is 16.7. The standard InChI is InChI=1S/C40H53N5O3S/c1-6-8-10-12-14-19-25-44(26-20-15-13-11-9-7-2)36-24-23-32(49-36)29-33-37(30-21-17-16-18-22-30)43-45-39(33)41-42-40(45)34-27-31(46-3)28-35(47-4)38(34)48-5/h16-18,21-24,27-29H,6-15,19-20,25-26H2,1-5H3/b33-29-. The van der Waals surface area contributed by atoms with Crippen molar-refractivity contribution in [2.45, 2.75) is 90.9 Å². The van der Waals surface area contributed by atoms with E-state index >= 15 is 0 Å². The van der Waals surface area contributed by atoms with Crippen LogP contribution in [0.5, 0.6) is 17.2 Å². The van der Waals surface area contributed by atoms with Crippen molar-refractivity contribution in [3.8, 4) is 39.9 Å². The molecule has 5 aromatic rings. The van der Waals surface area contributed by atoms with E-state index < -0.39 is 0 Å². The molecular weight excluding hydrogens is 631 g/mol. The Kier molecular flexibility index (Phi) is 13.7. The molecule has 49 heavy (non-hydrogen) atoms. The van der Waals surface area contributed by atoms with Crippen LogP contribution in [0, 0.1) is 0 Å². The third-order valence-corrected chi connectivity index (χ3v) is 10.2. The maximum Gasteiger partial charge on any atom is 0.189 e. The predicted molar refractivity (Wildman–Crippen MR) is 203 cm³/mol. The van der Waals surface area contributed by atoms with E-state index in [1.54, 1.807) is 27.4 Å². The first-order valence-corrected chi connectivity index (χ1v) is 18.9. The predicted octanol–water partition coefficient (Wildman–Crippen LogP) is 9.62. The van der Waals surface area contributed by atoms with Gasteiger partial charge in [0.05, 0.1) is 37.1 Å². The Balaban J connectivity index is 1.50. The molecule has 262 valence electrons. The van der Waals surface area contributed by atoms with Gasteiger partial charge in [-0.15, -0.1) is 21.5 Å². The molecule has 0 saturated carbocycles. The summed E-state index contributed by atoms with van der Waals surface area (Å²) in [6, 6.07) is 18.5. The van der Waals surface area contributed by atoms with Crippen LogP contribution in [0.15, 0.2) is 54.6 Å².